The molecule has 0 N–H and O–H groups in total. The van der Waals surface area contributed by atoms with Gasteiger partial charge in [-0.1, -0.05) is 0 Å². The summed E-state index contributed by atoms with van der Waals surface area (Å²) in [6.07, 6.45) is 0.610. The normalized spacial score (nSPS) is 32.0. The molecule has 0 spiro atoms. The Morgan fingerprint density at radius 1 is 1.25 bits per heavy atom. The summed E-state index contributed by atoms with van der Waals surface area (Å²) in [5, 5.41) is 1.01. The Balaban J connectivity index is 1.31. The SMILES string of the molecule is C(CSCC1CS1)SCC1CO1. The molecule has 2 fully saturated rings. The monoisotopic (exact) mass is 222 g/mol. The molecule has 70 valence electrons. The summed E-state index contributed by atoms with van der Waals surface area (Å²) in [4.78, 5) is 0. The lowest BCUT2D eigenvalue weighted by atomic mass is 10.6. The molecule has 2 atom stereocenters. The van der Waals surface area contributed by atoms with Crippen molar-refractivity contribution in [2.24, 2.45) is 0 Å². The van der Waals surface area contributed by atoms with Crippen molar-refractivity contribution in [3.8, 4) is 0 Å². The van der Waals surface area contributed by atoms with Gasteiger partial charge in [0.1, 0.15) is 0 Å². The predicted octanol–water partition coefficient (Wildman–Crippen LogP) is 1.97. The van der Waals surface area contributed by atoms with Crippen molar-refractivity contribution in [3.05, 3.63) is 0 Å². The lowest BCUT2D eigenvalue weighted by molar-refractivity contribution is 0.426. The Morgan fingerprint density at radius 3 is 2.50 bits per heavy atom. The maximum atomic E-state index is 5.13. The molecule has 2 rings (SSSR count). The summed E-state index contributed by atoms with van der Waals surface area (Å²) in [5.41, 5.74) is 0. The highest BCUT2D eigenvalue weighted by molar-refractivity contribution is 8.09. The van der Waals surface area contributed by atoms with Crippen molar-refractivity contribution in [3.63, 3.8) is 0 Å². The predicted molar refractivity (Wildman–Crippen MR) is 60.6 cm³/mol. The molecule has 2 saturated heterocycles. The summed E-state index contributed by atoms with van der Waals surface area (Å²) < 4.78 is 5.13. The van der Waals surface area contributed by atoms with Crippen LogP contribution in [-0.2, 0) is 4.74 Å². The molecular formula is C8H14OS3. The van der Waals surface area contributed by atoms with Crippen LogP contribution in [-0.4, -0.2) is 46.7 Å². The van der Waals surface area contributed by atoms with Crippen LogP contribution in [0.25, 0.3) is 0 Å². The zero-order valence-electron chi connectivity index (χ0n) is 7.03. The minimum absolute atomic E-state index is 0.610. The Hall–Kier alpha value is 1.01. The average Bonchev–Trinajstić information content (AvgIpc) is 2.89. The zero-order chi connectivity index (χ0) is 8.23. The summed E-state index contributed by atoms with van der Waals surface area (Å²) >= 11 is 6.26. The van der Waals surface area contributed by atoms with Crippen LogP contribution >= 0.6 is 35.3 Å². The topological polar surface area (TPSA) is 12.5 Å². The number of rotatable bonds is 7. The van der Waals surface area contributed by atoms with Crippen molar-refractivity contribution >= 4 is 35.3 Å². The summed E-state index contributed by atoms with van der Waals surface area (Å²) in [5.74, 6) is 6.65. The maximum absolute atomic E-state index is 5.13. The lowest BCUT2D eigenvalue weighted by Crippen LogP contribution is -1.95. The van der Waals surface area contributed by atoms with Gasteiger partial charge in [0.25, 0.3) is 0 Å². The van der Waals surface area contributed by atoms with E-state index in [4.69, 9.17) is 4.74 Å². The summed E-state index contributed by atoms with van der Waals surface area (Å²) in [7, 11) is 0. The number of hydrogen-bond acceptors (Lipinski definition) is 4. The molecule has 0 aromatic heterocycles. The van der Waals surface area contributed by atoms with Crippen LogP contribution in [0.5, 0.6) is 0 Å². The van der Waals surface area contributed by atoms with Crippen molar-refractivity contribution < 1.29 is 4.74 Å². The summed E-state index contributed by atoms with van der Waals surface area (Å²) in [6, 6.07) is 0. The first-order valence-electron chi connectivity index (χ1n) is 4.34. The molecule has 4 heteroatoms. The molecule has 2 aliphatic rings. The fourth-order valence-corrected chi connectivity index (χ4v) is 4.06. The van der Waals surface area contributed by atoms with Crippen LogP contribution in [0.1, 0.15) is 0 Å². The van der Waals surface area contributed by atoms with Crippen LogP contribution in [0.3, 0.4) is 0 Å². The third-order valence-corrected chi connectivity index (χ3v) is 5.46. The van der Waals surface area contributed by atoms with Gasteiger partial charge in [0.05, 0.1) is 12.7 Å². The van der Waals surface area contributed by atoms with Gasteiger partial charge in [-0.2, -0.15) is 35.3 Å². The molecule has 12 heavy (non-hydrogen) atoms. The Morgan fingerprint density at radius 2 is 1.92 bits per heavy atom. The van der Waals surface area contributed by atoms with Gasteiger partial charge in [0.2, 0.25) is 0 Å². The first-order valence-corrected chi connectivity index (χ1v) is 7.69. The molecule has 0 saturated carbocycles. The van der Waals surface area contributed by atoms with Crippen molar-refractivity contribution in [1.29, 1.82) is 0 Å². The van der Waals surface area contributed by atoms with Gasteiger partial charge in [0.15, 0.2) is 0 Å². The molecule has 0 aromatic carbocycles. The average molecular weight is 222 g/mol. The van der Waals surface area contributed by atoms with Crippen molar-refractivity contribution in [2.45, 2.75) is 11.4 Å². The van der Waals surface area contributed by atoms with Gasteiger partial charge in [-0.3, -0.25) is 0 Å². The van der Waals surface area contributed by atoms with Gasteiger partial charge >= 0.3 is 0 Å². The fourth-order valence-electron chi connectivity index (χ4n) is 0.876. The lowest BCUT2D eigenvalue weighted by Gasteiger charge is -1.98. The van der Waals surface area contributed by atoms with Crippen LogP contribution in [0.4, 0.5) is 0 Å². The molecular weight excluding hydrogens is 208 g/mol. The van der Waals surface area contributed by atoms with E-state index in [-0.39, 0.29) is 0 Å². The highest BCUT2D eigenvalue weighted by Gasteiger charge is 2.22. The second-order valence-electron chi connectivity index (χ2n) is 3.06. The standard InChI is InChI=1S/C8H14OS3/c1(10-4-7-3-9-7)2-11-5-8-6-12-8/h7-8H,1-6H2. The van der Waals surface area contributed by atoms with Crippen LogP contribution < -0.4 is 0 Å². The molecule has 0 aliphatic carbocycles. The summed E-state index contributed by atoms with van der Waals surface area (Å²) in [6.45, 7) is 1.01. The van der Waals surface area contributed by atoms with Gasteiger partial charge < -0.3 is 4.74 Å². The number of hydrogen-bond donors (Lipinski definition) is 0. The maximum Gasteiger partial charge on any atom is 0.0900 e. The van der Waals surface area contributed by atoms with Gasteiger partial charge in [-0.15, -0.1) is 0 Å². The van der Waals surface area contributed by atoms with E-state index in [1.54, 1.807) is 0 Å². The van der Waals surface area contributed by atoms with Crippen molar-refractivity contribution in [1.82, 2.24) is 0 Å². The third-order valence-electron chi connectivity index (χ3n) is 1.78. The Bertz CT molecular complexity index is 118. The second-order valence-corrected chi connectivity index (χ2v) is 6.69. The molecule has 0 amide bonds. The number of ether oxygens (including phenoxy) is 1. The minimum atomic E-state index is 0.610. The highest BCUT2D eigenvalue weighted by atomic mass is 32.2. The number of thioether (sulfide) groups is 3. The van der Waals surface area contributed by atoms with Gasteiger partial charge in [0, 0.05) is 34.0 Å². The molecule has 2 aliphatic heterocycles. The molecule has 0 aromatic rings. The largest absolute Gasteiger partial charge is 0.372 e. The highest BCUT2D eigenvalue weighted by Crippen LogP contribution is 2.33. The first-order chi connectivity index (χ1) is 5.95. The molecule has 2 heterocycles. The van der Waals surface area contributed by atoms with E-state index < -0.39 is 0 Å². The van der Waals surface area contributed by atoms with E-state index >= 15 is 0 Å². The zero-order valence-corrected chi connectivity index (χ0v) is 9.48. The van der Waals surface area contributed by atoms with Gasteiger partial charge in [-0.05, 0) is 0 Å². The molecule has 0 bridgehead atoms. The van der Waals surface area contributed by atoms with E-state index in [0.29, 0.717) is 6.10 Å². The van der Waals surface area contributed by atoms with E-state index in [9.17, 15) is 0 Å². The van der Waals surface area contributed by atoms with E-state index in [2.05, 4.69) is 23.5 Å². The van der Waals surface area contributed by atoms with Crippen molar-refractivity contribution in [2.75, 3.05) is 35.4 Å². The first kappa shape index (κ1) is 9.56. The van der Waals surface area contributed by atoms with E-state index in [0.717, 1.165) is 11.9 Å². The van der Waals surface area contributed by atoms with Gasteiger partial charge in [-0.25, -0.2) is 0 Å². The minimum Gasteiger partial charge on any atom is -0.372 e. The van der Waals surface area contributed by atoms with Crippen LogP contribution in [0.15, 0.2) is 0 Å². The third kappa shape index (κ3) is 4.30. The van der Waals surface area contributed by atoms with Crippen LogP contribution in [0.2, 0.25) is 0 Å². The van der Waals surface area contributed by atoms with E-state index in [1.807, 2.05) is 11.8 Å². The number of epoxide rings is 1. The Labute approximate surface area is 86.8 Å². The molecule has 1 nitrogen and oxygen atoms in total. The molecule has 0 radical (unpaired) electrons. The quantitative estimate of drug-likeness (QED) is 0.482. The molecule has 2 unspecified atom stereocenters. The van der Waals surface area contributed by atoms with Crippen LogP contribution in [0, 0.1) is 0 Å². The van der Waals surface area contributed by atoms with E-state index in [1.165, 1.54) is 28.8 Å². The second kappa shape index (κ2) is 5.03. The Kier molecular flexibility index (Phi) is 4.01. The fraction of sp³-hybridized carbons (Fsp3) is 1.00. The smallest absolute Gasteiger partial charge is 0.0900 e.